The third-order valence-corrected chi connectivity index (χ3v) is 3.31. The first kappa shape index (κ1) is 12.8. The van der Waals surface area contributed by atoms with E-state index in [0.29, 0.717) is 12.5 Å². The molecule has 0 amide bonds. The minimum Gasteiger partial charge on any atom is -0.393 e. The van der Waals surface area contributed by atoms with E-state index < -0.39 is 0 Å². The van der Waals surface area contributed by atoms with Crippen molar-refractivity contribution in [2.24, 2.45) is 5.92 Å². The van der Waals surface area contributed by atoms with Crippen molar-refractivity contribution >= 4 is 29.2 Å². The molecule has 1 aromatic rings. The average Bonchev–Trinajstić information content (AvgIpc) is 2.27. The van der Waals surface area contributed by atoms with Gasteiger partial charge in [-0.3, -0.25) is 0 Å². The van der Waals surface area contributed by atoms with Crippen LogP contribution in [0.25, 0.3) is 0 Å². The Hall–Kier alpha value is -0.650. The highest BCUT2D eigenvalue weighted by Gasteiger charge is 2.22. The molecule has 1 aliphatic carbocycles. The maximum atomic E-state index is 9.81. The molecule has 94 valence electrons. The summed E-state index contributed by atoms with van der Waals surface area (Å²) in [5, 5.41) is 13.0. The van der Waals surface area contributed by atoms with E-state index in [-0.39, 0.29) is 22.6 Å². The standard InChI is InChI=1S/C10H14Cl2N4O/c11-8-14-9(12)16-10(15-8)13-5-6-3-1-2-4-7(6)17/h6-7,17H,1-5H2,(H,13,14,15,16). The van der Waals surface area contributed by atoms with Gasteiger partial charge in [-0.05, 0) is 36.0 Å². The highest BCUT2D eigenvalue weighted by atomic mass is 35.5. The van der Waals surface area contributed by atoms with Gasteiger partial charge in [0.2, 0.25) is 16.5 Å². The van der Waals surface area contributed by atoms with Crippen LogP contribution in [-0.4, -0.2) is 32.7 Å². The van der Waals surface area contributed by atoms with Gasteiger partial charge < -0.3 is 10.4 Å². The maximum absolute atomic E-state index is 9.81. The zero-order valence-corrected chi connectivity index (χ0v) is 10.7. The van der Waals surface area contributed by atoms with Crippen molar-refractivity contribution in [2.75, 3.05) is 11.9 Å². The number of aromatic nitrogens is 3. The van der Waals surface area contributed by atoms with Gasteiger partial charge in [0.25, 0.3) is 0 Å². The van der Waals surface area contributed by atoms with Crippen LogP contribution in [0.2, 0.25) is 10.6 Å². The van der Waals surface area contributed by atoms with E-state index in [1.807, 2.05) is 0 Å². The van der Waals surface area contributed by atoms with Gasteiger partial charge in [-0.15, -0.1) is 0 Å². The lowest BCUT2D eigenvalue weighted by Gasteiger charge is -2.27. The van der Waals surface area contributed by atoms with Crippen molar-refractivity contribution in [2.45, 2.75) is 31.8 Å². The van der Waals surface area contributed by atoms with Gasteiger partial charge in [-0.2, -0.15) is 15.0 Å². The quantitative estimate of drug-likeness (QED) is 0.885. The number of aliphatic hydroxyl groups is 1. The Labute approximate surface area is 110 Å². The predicted octanol–water partition coefficient (Wildman–Crippen LogP) is 2.14. The van der Waals surface area contributed by atoms with Crippen LogP contribution in [0.1, 0.15) is 25.7 Å². The van der Waals surface area contributed by atoms with Crippen molar-refractivity contribution in [3.05, 3.63) is 10.6 Å². The van der Waals surface area contributed by atoms with Gasteiger partial charge in [-0.1, -0.05) is 12.8 Å². The molecule has 1 saturated carbocycles. The van der Waals surface area contributed by atoms with Crippen molar-refractivity contribution in [3.63, 3.8) is 0 Å². The van der Waals surface area contributed by atoms with Crippen molar-refractivity contribution in [3.8, 4) is 0 Å². The van der Waals surface area contributed by atoms with Crippen LogP contribution in [0, 0.1) is 5.92 Å². The van der Waals surface area contributed by atoms with Crippen molar-refractivity contribution in [1.82, 2.24) is 15.0 Å². The lowest BCUT2D eigenvalue weighted by atomic mass is 9.86. The molecule has 2 N–H and O–H groups in total. The molecule has 5 nitrogen and oxygen atoms in total. The second-order valence-corrected chi connectivity index (χ2v) is 4.87. The molecule has 0 saturated heterocycles. The van der Waals surface area contributed by atoms with E-state index in [9.17, 15) is 5.11 Å². The molecule has 1 aromatic heterocycles. The maximum Gasteiger partial charge on any atom is 0.228 e. The van der Waals surface area contributed by atoms with Crippen LogP contribution >= 0.6 is 23.2 Å². The molecule has 2 rings (SSSR count). The van der Waals surface area contributed by atoms with Gasteiger partial charge in [0.05, 0.1) is 6.10 Å². The van der Waals surface area contributed by atoms with Crippen LogP contribution in [0.5, 0.6) is 0 Å². The van der Waals surface area contributed by atoms with E-state index in [1.54, 1.807) is 0 Å². The lowest BCUT2D eigenvalue weighted by Crippen LogP contribution is -2.30. The van der Waals surface area contributed by atoms with Gasteiger partial charge >= 0.3 is 0 Å². The molecule has 1 fully saturated rings. The van der Waals surface area contributed by atoms with Gasteiger partial charge in [0.1, 0.15) is 0 Å². The first-order valence-electron chi connectivity index (χ1n) is 5.64. The highest BCUT2D eigenvalue weighted by Crippen LogP contribution is 2.24. The number of rotatable bonds is 3. The van der Waals surface area contributed by atoms with Crippen LogP contribution in [0.3, 0.4) is 0 Å². The monoisotopic (exact) mass is 276 g/mol. The molecule has 1 heterocycles. The number of hydrogen-bond acceptors (Lipinski definition) is 5. The summed E-state index contributed by atoms with van der Waals surface area (Å²) in [6.45, 7) is 0.623. The fourth-order valence-electron chi connectivity index (χ4n) is 2.05. The van der Waals surface area contributed by atoms with E-state index in [1.165, 1.54) is 0 Å². The van der Waals surface area contributed by atoms with Gasteiger partial charge in [0.15, 0.2) is 0 Å². The molecule has 0 radical (unpaired) electrons. The summed E-state index contributed by atoms with van der Waals surface area (Å²) in [4.78, 5) is 11.5. The zero-order valence-electron chi connectivity index (χ0n) is 9.24. The molecule has 0 aromatic carbocycles. The Balaban J connectivity index is 1.92. The fourth-order valence-corrected chi connectivity index (χ4v) is 2.42. The number of anilines is 1. The Morgan fingerprint density at radius 1 is 1.12 bits per heavy atom. The summed E-state index contributed by atoms with van der Waals surface area (Å²) in [7, 11) is 0. The molecule has 2 unspecified atom stereocenters. The first-order chi connectivity index (χ1) is 8.15. The molecule has 7 heteroatoms. The summed E-state index contributed by atoms with van der Waals surface area (Å²) in [6, 6.07) is 0. The number of nitrogens with zero attached hydrogens (tertiary/aromatic N) is 3. The summed E-state index contributed by atoms with van der Waals surface area (Å²) in [5.74, 6) is 0.589. The summed E-state index contributed by atoms with van der Waals surface area (Å²) >= 11 is 11.3. The second-order valence-electron chi connectivity index (χ2n) is 4.19. The summed E-state index contributed by atoms with van der Waals surface area (Å²) < 4.78 is 0. The lowest BCUT2D eigenvalue weighted by molar-refractivity contribution is 0.0762. The van der Waals surface area contributed by atoms with Gasteiger partial charge in [-0.25, -0.2) is 0 Å². The molecular weight excluding hydrogens is 263 g/mol. The average molecular weight is 277 g/mol. The van der Waals surface area contributed by atoms with Crippen LogP contribution in [0.4, 0.5) is 5.95 Å². The number of halogens is 2. The molecule has 0 bridgehead atoms. The third kappa shape index (κ3) is 3.66. The Kier molecular flexibility index (Phi) is 4.36. The minimum atomic E-state index is -0.246. The number of hydrogen-bond donors (Lipinski definition) is 2. The van der Waals surface area contributed by atoms with E-state index >= 15 is 0 Å². The number of nitrogens with one attached hydrogen (secondary N) is 1. The third-order valence-electron chi connectivity index (χ3n) is 2.97. The molecule has 17 heavy (non-hydrogen) atoms. The molecule has 0 aliphatic heterocycles. The fraction of sp³-hybridized carbons (Fsp3) is 0.700. The first-order valence-corrected chi connectivity index (χ1v) is 6.40. The smallest absolute Gasteiger partial charge is 0.228 e. The molecular formula is C10H14Cl2N4O. The topological polar surface area (TPSA) is 70.9 Å². The Morgan fingerprint density at radius 2 is 1.76 bits per heavy atom. The van der Waals surface area contributed by atoms with E-state index in [4.69, 9.17) is 23.2 Å². The van der Waals surface area contributed by atoms with E-state index in [0.717, 1.165) is 25.7 Å². The largest absolute Gasteiger partial charge is 0.393 e. The SMILES string of the molecule is OC1CCCCC1CNc1nc(Cl)nc(Cl)n1. The van der Waals surface area contributed by atoms with Crippen LogP contribution in [-0.2, 0) is 0 Å². The normalized spacial score (nSPS) is 24.6. The predicted molar refractivity (Wildman–Crippen MR) is 66.3 cm³/mol. The van der Waals surface area contributed by atoms with Crippen LogP contribution in [0.15, 0.2) is 0 Å². The number of aliphatic hydroxyl groups excluding tert-OH is 1. The minimum absolute atomic E-state index is 0.0664. The van der Waals surface area contributed by atoms with Crippen molar-refractivity contribution in [1.29, 1.82) is 0 Å². The van der Waals surface area contributed by atoms with Gasteiger partial charge in [0, 0.05) is 12.5 Å². The summed E-state index contributed by atoms with van der Waals surface area (Å²) in [6.07, 6.45) is 3.89. The van der Waals surface area contributed by atoms with E-state index in [2.05, 4.69) is 20.3 Å². The molecule has 1 aliphatic rings. The van der Waals surface area contributed by atoms with Crippen LogP contribution < -0.4 is 5.32 Å². The Bertz CT molecular complexity index is 370. The highest BCUT2D eigenvalue weighted by molar-refractivity contribution is 6.31. The Morgan fingerprint density at radius 3 is 2.41 bits per heavy atom. The molecule has 2 atom stereocenters. The van der Waals surface area contributed by atoms with Crippen molar-refractivity contribution < 1.29 is 5.11 Å². The second kappa shape index (κ2) is 5.80. The molecule has 0 spiro atoms. The summed E-state index contributed by atoms with van der Waals surface area (Å²) in [5.41, 5.74) is 0. The zero-order chi connectivity index (χ0) is 12.3.